The van der Waals surface area contributed by atoms with E-state index in [1.807, 2.05) is 31.0 Å². The highest BCUT2D eigenvalue weighted by Gasteiger charge is 2.52. The molecule has 25 heavy (non-hydrogen) atoms. The zero-order chi connectivity index (χ0) is 18.0. The van der Waals surface area contributed by atoms with E-state index in [4.69, 9.17) is 9.47 Å². The van der Waals surface area contributed by atoms with E-state index in [0.29, 0.717) is 25.4 Å². The van der Waals surface area contributed by atoms with E-state index in [1.54, 1.807) is 6.20 Å². The SMILES string of the molecule is CCO[C@H]1C[C@@H](N(C)C(=O)c2cccnc2N2CCOCC2)C1(C)C. The number of pyridine rings is 1. The molecular formula is C19H29N3O3. The van der Waals surface area contributed by atoms with Gasteiger partial charge in [0.1, 0.15) is 5.82 Å². The minimum Gasteiger partial charge on any atom is -0.378 e. The van der Waals surface area contributed by atoms with Crippen molar-refractivity contribution in [2.45, 2.75) is 39.3 Å². The van der Waals surface area contributed by atoms with E-state index < -0.39 is 0 Å². The number of ether oxygens (including phenoxy) is 2. The standard InChI is InChI=1S/C19H29N3O3/c1-5-25-16-13-15(19(16,2)3)21(4)18(23)14-7-6-8-20-17(14)22-9-11-24-12-10-22/h6-8,15-16H,5,9-13H2,1-4H3/t15-,16+/m1/s1. The smallest absolute Gasteiger partial charge is 0.257 e. The van der Waals surface area contributed by atoms with Crippen molar-refractivity contribution in [3.05, 3.63) is 23.9 Å². The first-order chi connectivity index (χ1) is 12.0. The summed E-state index contributed by atoms with van der Waals surface area (Å²) in [6.07, 6.45) is 2.85. The molecule has 0 bridgehead atoms. The Balaban J connectivity index is 1.77. The Bertz CT molecular complexity index is 614. The highest BCUT2D eigenvalue weighted by molar-refractivity contribution is 5.99. The van der Waals surface area contributed by atoms with Crippen molar-refractivity contribution < 1.29 is 14.3 Å². The largest absolute Gasteiger partial charge is 0.378 e. The van der Waals surface area contributed by atoms with Crippen LogP contribution in [0.4, 0.5) is 5.82 Å². The normalized spacial score (nSPS) is 25.4. The number of anilines is 1. The van der Waals surface area contributed by atoms with Gasteiger partial charge in [-0.05, 0) is 25.5 Å². The number of aromatic nitrogens is 1. The molecule has 6 nitrogen and oxygen atoms in total. The Hall–Kier alpha value is -1.66. The summed E-state index contributed by atoms with van der Waals surface area (Å²) in [4.78, 5) is 21.7. The number of nitrogens with zero attached hydrogens (tertiary/aromatic N) is 3. The molecule has 1 amide bonds. The van der Waals surface area contributed by atoms with Gasteiger partial charge in [-0.25, -0.2) is 4.98 Å². The molecule has 1 saturated carbocycles. The fourth-order valence-electron chi connectivity index (χ4n) is 3.93. The molecule has 0 radical (unpaired) electrons. The lowest BCUT2D eigenvalue weighted by atomic mass is 9.63. The Morgan fingerprint density at radius 2 is 2.16 bits per heavy atom. The molecule has 1 saturated heterocycles. The molecule has 2 fully saturated rings. The van der Waals surface area contributed by atoms with Crippen molar-refractivity contribution in [3.63, 3.8) is 0 Å². The van der Waals surface area contributed by atoms with Crippen LogP contribution in [0.2, 0.25) is 0 Å². The summed E-state index contributed by atoms with van der Waals surface area (Å²) in [5.41, 5.74) is 0.629. The van der Waals surface area contributed by atoms with E-state index in [0.717, 1.165) is 25.3 Å². The summed E-state index contributed by atoms with van der Waals surface area (Å²) in [6, 6.07) is 3.89. The lowest BCUT2D eigenvalue weighted by Crippen LogP contribution is -2.62. The molecule has 1 aliphatic carbocycles. The van der Waals surface area contributed by atoms with E-state index in [-0.39, 0.29) is 23.5 Å². The maximum atomic E-state index is 13.2. The minimum atomic E-state index is -0.0399. The van der Waals surface area contributed by atoms with Crippen LogP contribution in [0.5, 0.6) is 0 Å². The Morgan fingerprint density at radius 3 is 2.80 bits per heavy atom. The number of hydrogen-bond acceptors (Lipinski definition) is 5. The Labute approximate surface area is 150 Å². The molecule has 0 N–H and O–H groups in total. The molecule has 0 unspecified atom stereocenters. The van der Waals surface area contributed by atoms with E-state index in [1.165, 1.54) is 0 Å². The maximum absolute atomic E-state index is 13.2. The molecule has 138 valence electrons. The summed E-state index contributed by atoms with van der Waals surface area (Å²) >= 11 is 0. The third-order valence-electron chi connectivity index (χ3n) is 5.61. The third kappa shape index (κ3) is 3.37. The second kappa shape index (κ2) is 7.30. The van der Waals surface area contributed by atoms with Gasteiger partial charge in [-0.2, -0.15) is 0 Å². The molecule has 2 heterocycles. The second-order valence-corrected chi connectivity index (χ2v) is 7.41. The predicted molar refractivity (Wildman–Crippen MR) is 97.0 cm³/mol. The first-order valence-corrected chi connectivity index (χ1v) is 9.13. The molecule has 1 aromatic heterocycles. The molecule has 2 aliphatic rings. The van der Waals surface area contributed by atoms with Crippen LogP contribution in [-0.2, 0) is 9.47 Å². The van der Waals surface area contributed by atoms with Gasteiger partial charge < -0.3 is 19.3 Å². The van der Waals surface area contributed by atoms with Gasteiger partial charge in [0, 0.05) is 44.4 Å². The highest BCUT2D eigenvalue weighted by atomic mass is 16.5. The van der Waals surface area contributed by atoms with Crippen LogP contribution in [-0.4, -0.2) is 67.9 Å². The first kappa shape index (κ1) is 18.1. The number of carbonyl (C=O) groups is 1. The average Bonchev–Trinajstić information content (AvgIpc) is 2.64. The summed E-state index contributed by atoms with van der Waals surface area (Å²) in [5, 5.41) is 0. The number of rotatable bonds is 5. The summed E-state index contributed by atoms with van der Waals surface area (Å²) in [6.45, 7) is 9.96. The Morgan fingerprint density at radius 1 is 1.44 bits per heavy atom. The monoisotopic (exact) mass is 347 g/mol. The second-order valence-electron chi connectivity index (χ2n) is 7.41. The molecule has 0 aromatic carbocycles. The van der Waals surface area contributed by atoms with Gasteiger partial charge in [-0.15, -0.1) is 0 Å². The molecule has 1 aromatic rings. The van der Waals surface area contributed by atoms with Crippen LogP contribution < -0.4 is 4.90 Å². The van der Waals surface area contributed by atoms with Crippen molar-refractivity contribution in [1.29, 1.82) is 0 Å². The minimum absolute atomic E-state index is 0.0302. The van der Waals surface area contributed by atoms with E-state index in [2.05, 4.69) is 23.7 Å². The summed E-state index contributed by atoms with van der Waals surface area (Å²) in [7, 11) is 1.90. The first-order valence-electron chi connectivity index (χ1n) is 9.13. The van der Waals surface area contributed by atoms with Gasteiger partial charge in [0.25, 0.3) is 5.91 Å². The third-order valence-corrected chi connectivity index (χ3v) is 5.61. The van der Waals surface area contributed by atoms with Gasteiger partial charge in [-0.3, -0.25) is 4.79 Å². The van der Waals surface area contributed by atoms with Gasteiger partial charge >= 0.3 is 0 Å². The van der Waals surface area contributed by atoms with Gasteiger partial charge in [-0.1, -0.05) is 13.8 Å². The molecule has 0 spiro atoms. The molecule has 1 aliphatic heterocycles. The number of amides is 1. The zero-order valence-corrected chi connectivity index (χ0v) is 15.7. The number of carbonyl (C=O) groups excluding carboxylic acids is 1. The molecular weight excluding hydrogens is 318 g/mol. The lowest BCUT2D eigenvalue weighted by Gasteiger charge is -2.54. The van der Waals surface area contributed by atoms with Crippen LogP contribution in [0, 0.1) is 5.41 Å². The van der Waals surface area contributed by atoms with Crippen LogP contribution in [0.25, 0.3) is 0 Å². The van der Waals surface area contributed by atoms with Gasteiger partial charge in [0.2, 0.25) is 0 Å². The van der Waals surface area contributed by atoms with Crippen molar-refractivity contribution in [2.24, 2.45) is 5.41 Å². The van der Waals surface area contributed by atoms with Crippen LogP contribution >= 0.6 is 0 Å². The molecule has 3 rings (SSSR count). The van der Waals surface area contributed by atoms with Crippen molar-refractivity contribution in [2.75, 3.05) is 44.9 Å². The highest BCUT2D eigenvalue weighted by Crippen LogP contribution is 2.45. The lowest BCUT2D eigenvalue weighted by molar-refractivity contribution is -0.136. The van der Waals surface area contributed by atoms with E-state index in [9.17, 15) is 4.79 Å². The van der Waals surface area contributed by atoms with Crippen LogP contribution in [0.3, 0.4) is 0 Å². The maximum Gasteiger partial charge on any atom is 0.257 e. The number of hydrogen-bond donors (Lipinski definition) is 0. The molecule has 6 heteroatoms. The van der Waals surface area contributed by atoms with Crippen molar-refractivity contribution in [1.82, 2.24) is 9.88 Å². The Kier molecular flexibility index (Phi) is 5.29. The summed E-state index contributed by atoms with van der Waals surface area (Å²) < 4.78 is 11.2. The predicted octanol–water partition coefficient (Wildman–Crippen LogP) is 2.19. The van der Waals surface area contributed by atoms with Crippen LogP contribution in [0.15, 0.2) is 18.3 Å². The zero-order valence-electron chi connectivity index (χ0n) is 15.7. The fraction of sp³-hybridized carbons (Fsp3) is 0.684. The van der Waals surface area contributed by atoms with Gasteiger partial charge in [0.15, 0.2) is 0 Å². The van der Waals surface area contributed by atoms with Crippen molar-refractivity contribution >= 4 is 11.7 Å². The quantitative estimate of drug-likeness (QED) is 0.817. The van der Waals surface area contributed by atoms with Crippen LogP contribution in [0.1, 0.15) is 37.6 Å². The number of morpholine rings is 1. The molecule has 2 atom stereocenters. The average molecular weight is 347 g/mol. The van der Waals surface area contributed by atoms with E-state index >= 15 is 0 Å². The van der Waals surface area contributed by atoms with Crippen molar-refractivity contribution in [3.8, 4) is 0 Å². The fourth-order valence-corrected chi connectivity index (χ4v) is 3.93. The van der Waals surface area contributed by atoms with Gasteiger partial charge in [0.05, 0.1) is 24.9 Å². The topological polar surface area (TPSA) is 54.9 Å². The summed E-state index contributed by atoms with van der Waals surface area (Å²) in [5.74, 6) is 0.795.